The highest BCUT2D eigenvalue weighted by Crippen LogP contribution is 2.41. The number of nitrogens with zero attached hydrogens (tertiary/aromatic N) is 1. The maximum absolute atomic E-state index is 12.1. The molecule has 1 aromatic rings. The molecule has 1 aliphatic carbocycles. The number of hydrogen-bond acceptors (Lipinski definition) is 4. The number of amides is 2. The lowest BCUT2D eigenvalue weighted by molar-refractivity contribution is 0.103. The van der Waals surface area contributed by atoms with Crippen LogP contribution in [0.2, 0.25) is 0 Å². The van der Waals surface area contributed by atoms with Gasteiger partial charge in [-0.15, -0.1) is 11.3 Å². The van der Waals surface area contributed by atoms with Gasteiger partial charge in [-0.3, -0.25) is 0 Å². The minimum atomic E-state index is -0.484. The Morgan fingerprint density at radius 1 is 1.45 bits per heavy atom. The van der Waals surface area contributed by atoms with E-state index in [0.717, 1.165) is 36.4 Å². The highest BCUT2D eigenvalue weighted by Gasteiger charge is 2.35. The molecule has 3 N–H and O–H groups in total. The Morgan fingerprint density at radius 3 is 2.64 bits per heavy atom. The van der Waals surface area contributed by atoms with E-state index in [9.17, 15) is 9.90 Å². The fourth-order valence-electron chi connectivity index (χ4n) is 2.71. The van der Waals surface area contributed by atoms with Crippen molar-refractivity contribution < 1.29 is 9.90 Å². The molecule has 1 fully saturated rings. The molecule has 22 heavy (non-hydrogen) atoms. The van der Waals surface area contributed by atoms with Crippen molar-refractivity contribution in [3.05, 3.63) is 16.1 Å². The molecule has 6 heteroatoms. The van der Waals surface area contributed by atoms with Crippen molar-refractivity contribution in [3.8, 4) is 0 Å². The van der Waals surface area contributed by atoms with Gasteiger partial charge in [0.1, 0.15) is 5.01 Å². The molecule has 1 aliphatic rings. The van der Waals surface area contributed by atoms with Gasteiger partial charge in [-0.05, 0) is 31.6 Å². The Labute approximate surface area is 136 Å². The van der Waals surface area contributed by atoms with Crippen LogP contribution in [-0.2, 0) is 0 Å². The molecular formula is C16H27N3O2S. The molecule has 0 radical (unpaired) electrons. The molecule has 0 bridgehead atoms. The SMILES string of the molecule is CCC(CC)C(O)CNC(=O)NC(c1nc(C)cs1)C1CC1. The summed E-state index contributed by atoms with van der Waals surface area (Å²) in [5.74, 6) is 0.737. The summed E-state index contributed by atoms with van der Waals surface area (Å²) >= 11 is 1.60. The van der Waals surface area contributed by atoms with Crippen LogP contribution in [-0.4, -0.2) is 28.8 Å². The summed E-state index contributed by atoms with van der Waals surface area (Å²) in [6.45, 7) is 6.39. The second kappa shape index (κ2) is 7.92. The van der Waals surface area contributed by atoms with E-state index in [4.69, 9.17) is 0 Å². The molecule has 5 nitrogen and oxygen atoms in total. The third-order valence-electron chi connectivity index (χ3n) is 4.35. The number of hydrogen-bond donors (Lipinski definition) is 3. The van der Waals surface area contributed by atoms with Crippen molar-refractivity contribution >= 4 is 17.4 Å². The van der Waals surface area contributed by atoms with Crippen molar-refractivity contribution in [1.82, 2.24) is 15.6 Å². The second-order valence-electron chi connectivity index (χ2n) is 6.14. The van der Waals surface area contributed by atoms with Crippen LogP contribution in [0.25, 0.3) is 0 Å². The molecule has 1 saturated carbocycles. The van der Waals surface area contributed by atoms with E-state index in [1.54, 1.807) is 11.3 Å². The van der Waals surface area contributed by atoms with Gasteiger partial charge in [0.15, 0.2) is 0 Å². The summed E-state index contributed by atoms with van der Waals surface area (Å²) in [5, 5.41) is 18.9. The molecule has 0 saturated heterocycles. The van der Waals surface area contributed by atoms with Gasteiger partial charge in [-0.2, -0.15) is 0 Å². The van der Waals surface area contributed by atoms with E-state index in [1.165, 1.54) is 0 Å². The van der Waals surface area contributed by atoms with Crippen molar-refractivity contribution in [2.75, 3.05) is 6.54 Å². The normalized spacial score (nSPS) is 17.3. The van der Waals surface area contributed by atoms with E-state index in [1.807, 2.05) is 12.3 Å². The summed E-state index contributed by atoms with van der Waals surface area (Å²) in [4.78, 5) is 16.6. The zero-order valence-electron chi connectivity index (χ0n) is 13.6. The fraction of sp³-hybridized carbons (Fsp3) is 0.750. The molecule has 0 spiro atoms. The van der Waals surface area contributed by atoms with Crippen LogP contribution in [0.5, 0.6) is 0 Å². The highest BCUT2D eigenvalue weighted by atomic mass is 32.1. The van der Waals surface area contributed by atoms with Gasteiger partial charge in [-0.25, -0.2) is 9.78 Å². The molecule has 2 rings (SSSR count). The first-order valence-electron chi connectivity index (χ1n) is 8.19. The number of aliphatic hydroxyl groups is 1. The van der Waals surface area contributed by atoms with Crippen LogP contribution in [0, 0.1) is 18.8 Å². The number of carbonyl (C=O) groups excluding carboxylic acids is 1. The van der Waals surface area contributed by atoms with Crippen LogP contribution in [0.15, 0.2) is 5.38 Å². The first-order valence-corrected chi connectivity index (χ1v) is 9.07. The first kappa shape index (κ1) is 17.2. The Bertz CT molecular complexity index is 483. The quantitative estimate of drug-likeness (QED) is 0.688. The van der Waals surface area contributed by atoms with E-state index in [2.05, 4.69) is 29.5 Å². The zero-order valence-corrected chi connectivity index (χ0v) is 14.4. The van der Waals surface area contributed by atoms with E-state index in [0.29, 0.717) is 12.5 Å². The van der Waals surface area contributed by atoms with Gasteiger partial charge >= 0.3 is 6.03 Å². The zero-order chi connectivity index (χ0) is 16.1. The molecule has 2 atom stereocenters. The van der Waals surface area contributed by atoms with Gasteiger partial charge in [0.2, 0.25) is 0 Å². The maximum atomic E-state index is 12.1. The van der Waals surface area contributed by atoms with Crippen LogP contribution in [0.3, 0.4) is 0 Å². The minimum Gasteiger partial charge on any atom is -0.391 e. The number of thiazole rings is 1. The monoisotopic (exact) mass is 325 g/mol. The summed E-state index contributed by atoms with van der Waals surface area (Å²) in [6, 6.07) is -0.209. The molecule has 2 unspecified atom stereocenters. The second-order valence-corrected chi connectivity index (χ2v) is 7.03. The van der Waals surface area contributed by atoms with Gasteiger partial charge in [0.05, 0.1) is 12.1 Å². The molecule has 1 aromatic heterocycles. The van der Waals surface area contributed by atoms with Crippen molar-refractivity contribution in [1.29, 1.82) is 0 Å². The van der Waals surface area contributed by atoms with Crippen molar-refractivity contribution in [2.24, 2.45) is 11.8 Å². The Morgan fingerprint density at radius 2 is 2.14 bits per heavy atom. The van der Waals surface area contributed by atoms with Gasteiger partial charge in [0.25, 0.3) is 0 Å². The van der Waals surface area contributed by atoms with Crippen LogP contribution in [0.4, 0.5) is 4.79 Å². The minimum absolute atomic E-state index is 0.00369. The third-order valence-corrected chi connectivity index (χ3v) is 5.39. The topological polar surface area (TPSA) is 74.2 Å². The van der Waals surface area contributed by atoms with Crippen molar-refractivity contribution in [2.45, 2.75) is 58.6 Å². The van der Waals surface area contributed by atoms with Crippen molar-refractivity contribution in [3.63, 3.8) is 0 Å². The largest absolute Gasteiger partial charge is 0.391 e. The average molecular weight is 325 g/mol. The maximum Gasteiger partial charge on any atom is 0.315 e. The molecule has 2 amide bonds. The first-order chi connectivity index (χ1) is 10.5. The predicted octanol–water partition coefficient (Wildman–Crippen LogP) is 3.00. The molecule has 0 aromatic carbocycles. The summed E-state index contributed by atoms with van der Waals surface area (Å²) in [6.07, 6.45) is 3.64. The van der Waals surface area contributed by atoms with Crippen LogP contribution < -0.4 is 10.6 Å². The standard InChI is InChI=1S/C16H27N3O2S/c1-4-11(5-2)13(20)8-17-16(21)19-14(12-6-7-12)15-18-10(3)9-22-15/h9,11-14,20H,4-8H2,1-3H3,(H2,17,19,21). The summed E-state index contributed by atoms with van der Waals surface area (Å²) < 4.78 is 0. The number of aliphatic hydroxyl groups excluding tert-OH is 1. The van der Waals surface area contributed by atoms with Crippen LogP contribution in [0.1, 0.15) is 56.3 Å². The van der Waals surface area contributed by atoms with E-state index < -0.39 is 6.10 Å². The van der Waals surface area contributed by atoms with Gasteiger partial charge in [-0.1, -0.05) is 26.7 Å². The predicted molar refractivity (Wildman–Crippen MR) is 88.9 cm³/mol. The smallest absolute Gasteiger partial charge is 0.315 e. The lowest BCUT2D eigenvalue weighted by Crippen LogP contribution is -2.43. The summed E-state index contributed by atoms with van der Waals surface area (Å²) in [7, 11) is 0. The van der Waals surface area contributed by atoms with Crippen LogP contribution >= 0.6 is 11.3 Å². The van der Waals surface area contributed by atoms with E-state index >= 15 is 0 Å². The van der Waals surface area contributed by atoms with Gasteiger partial charge in [0, 0.05) is 17.6 Å². The fourth-order valence-corrected chi connectivity index (χ4v) is 3.65. The Kier molecular flexibility index (Phi) is 6.20. The molecule has 0 aliphatic heterocycles. The third kappa shape index (κ3) is 4.68. The molecular weight excluding hydrogens is 298 g/mol. The molecule has 124 valence electrons. The number of aryl methyl sites for hydroxylation is 1. The number of carbonyl (C=O) groups is 1. The van der Waals surface area contributed by atoms with E-state index in [-0.39, 0.29) is 18.0 Å². The Hall–Kier alpha value is -1.14. The number of rotatable bonds is 8. The highest BCUT2D eigenvalue weighted by molar-refractivity contribution is 7.09. The van der Waals surface area contributed by atoms with Gasteiger partial charge < -0.3 is 15.7 Å². The summed E-state index contributed by atoms with van der Waals surface area (Å²) in [5.41, 5.74) is 0.997. The Balaban J connectivity index is 1.84. The number of aromatic nitrogens is 1. The lowest BCUT2D eigenvalue weighted by Gasteiger charge is -2.22. The number of nitrogens with one attached hydrogen (secondary N) is 2. The molecule has 1 heterocycles. The number of urea groups is 1. The average Bonchev–Trinajstić information content (AvgIpc) is 3.25. The lowest BCUT2D eigenvalue weighted by atomic mass is 9.97.